The summed E-state index contributed by atoms with van der Waals surface area (Å²) in [7, 11) is 0. The molecule has 0 aromatic rings. The molecule has 2 nitrogen and oxygen atoms in total. The number of carbonyl (C=O) groups is 1. The molecule has 90 valence electrons. The first kappa shape index (κ1) is 14.6. The number of carbonyl (C=O) groups excluding carboxylic acids is 1. The summed E-state index contributed by atoms with van der Waals surface area (Å²) in [5.74, 6) is 0. The largest absolute Gasteiger partial charge is 0.371 e. The van der Waals surface area contributed by atoms with Gasteiger partial charge in [-0.1, -0.05) is 51.9 Å². The predicted molar refractivity (Wildman–Crippen MR) is 64.1 cm³/mol. The van der Waals surface area contributed by atoms with Crippen molar-refractivity contribution in [1.82, 2.24) is 0 Å². The molecule has 1 atom stereocenters. The summed E-state index contributed by atoms with van der Waals surface area (Å²) >= 11 is 0. The summed E-state index contributed by atoms with van der Waals surface area (Å²) < 4.78 is 5.27. The van der Waals surface area contributed by atoms with Crippen molar-refractivity contribution in [2.75, 3.05) is 6.61 Å². The Bertz CT molecular complexity index is 134. The summed E-state index contributed by atoms with van der Waals surface area (Å²) in [5.41, 5.74) is 0. The minimum atomic E-state index is -0.161. The van der Waals surface area contributed by atoms with Gasteiger partial charge in [0.2, 0.25) is 0 Å². The van der Waals surface area contributed by atoms with E-state index < -0.39 is 0 Å². The van der Waals surface area contributed by atoms with Crippen LogP contribution in [0, 0.1) is 0 Å². The van der Waals surface area contributed by atoms with Crippen molar-refractivity contribution in [2.45, 2.75) is 71.3 Å². The Hall–Kier alpha value is -0.370. The maximum atomic E-state index is 10.6. The highest BCUT2D eigenvalue weighted by molar-refractivity contribution is 5.55. The summed E-state index contributed by atoms with van der Waals surface area (Å²) in [6.07, 6.45) is 10.7. The molecule has 0 spiro atoms. The molecule has 0 fully saturated rings. The van der Waals surface area contributed by atoms with Gasteiger partial charge in [-0.3, -0.25) is 0 Å². The zero-order chi connectivity index (χ0) is 11.4. The Balaban J connectivity index is 3.17. The van der Waals surface area contributed by atoms with E-state index in [0.29, 0.717) is 6.61 Å². The van der Waals surface area contributed by atoms with Crippen molar-refractivity contribution < 1.29 is 9.53 Å². The van der Waals surface area contributed by atoms with Crippen molar-refractivity contribution in [3.8, 4) is 0 Å². The molecule has 0 saturated carbocycles. The number of ether oxygens (including phenoxy) is 1. The number of unbranched alkanes of at least 4 members (excludes halogenated alkanes) is 6. The molecule has 0 saturated heterocycles. The van der Waals surface area contributed by atoms with E-state index in [2.05, 4.69) is 6.92 Å². The molecule has 0 heterocycles. The third-order valence-electron chi connectivity index (χ3n) is 2.62. The second kappa shape index (κ2) is 11.7. The van der Waals surface area contributed by atoms with Crippen molar-refractivity contribution in [1.29, 1.82) is 0 Å². The molecule has 0 aliphatic carbocycles. The van der Waals surface area contributed by atoms with Crippen LogP contribution < -0.4 is 0 Å². The predicted octanol–water partition coefficient (Wildman–Crippen LogP) is 3.73. The maximum absolute atomic E-state index is 10.6. The molecular formula is C13H26O2. The van der Waals surface area contributed by atoms with Crippen molar-refractivity contribution in [3.63, 3.8) is 0 Å². The molecule has 0 radical (unpaired) electrons. The second-order valence-corrected chi connectivity index (χ2v) is 4.04. The zero-order valence-electron chi connectivity index (χ0n) is 10.3. The first-order valence-corrected chi connectivity index (χ1v) is 6.42. The third-order valence-corrected chi connectivity index (χ3v) is 2.62. The lowest BCUT2D eigenvalue weighted by molar-refractivity contribution is -0.118. The molecule has 0 amide bonds. The number of aldehydes is 1. The molecule has 0 aliphatic rings. The van der Waals surface area contributed by atoms with Crippen LogP contribution in [0.25, 0.3) is 0 Å². The SMILES string of the molecule is CCCCCCCCCC(C=O)OCC. The molecular weight excluding hydrogens is 188 g/mol. The van der Waals surface area contributed by atoms with Crippen LogP contribution >= 0.6 is 0 Å². The molecule has 0 aromatic heterocycles. The van der Waals surface area contributed by atoms with Gasteiger partial charge in [-0.15, -0.1) is 0 Å². The minimum Gasteiger partial charge on any atom is -0.371 e. The van der Waals surface area contributed by atoms with Gasteiger partial charge in [-0.2, -0.15) is 0 Å². The minimum absolute atomic E-state index is 0.161. The van der Waals surface area contributed by atoms with Crippen LogP contribution in [0.4, 0.5) is 0 Å². The van der Waals surface area contributed by atoms with Crippen LogP contribution in [-0.2, 0) is 9.53 Å². The van der Waals surface area contributed by atoms with Crippen LogP contribution in [-0.4, -0.2) is 19.0 Å². The Labute approximate surface area is 94.4 Å². The van der Waals surface area contributed by atoms with Crippen LogP contribution in [0.5, 0.6) is 0 Å². The van der Waals surface area contributed by atoms with Crippen molar-refractivity contribution in [3.05, 3.63) is 0 Å². The molecule has 0 N–H and O–H groups in total. The number of hydrogen-bond donors (Lipinski definition) is 0. The van der Waals surface area contributed by atoms with Crippen molar-refractivity contribution in [2.24, 2.45) is 0 Å². The van der Waals surface area contributed by atoms with E-state index in [-0.39, 0.29) is 6.10 Å². The summed E-state index contributed by atoms with van der Waals surface area (Å²) in [4.78, 5) is 10.6. The van der Waals surface area contributed by atoms with Gasteiger partial charge < -0.3 is 9.53 Å². The molecule has 0 rings (SSSR count). The van der Waals surface area contributed by atoms with Gasteiger partial charge in [0.05, 0.1) is 0 Å². The lowest BCUT2D eigenvalue weighted by atomic mass is 10.1. The van der Waals surface area contributed by atoms with Crippen LogP contribution in [0.2, 0.25) is 0 Å². The van der Waals surface area contributed by atoms with Gasteiger partial charge in [0.25, 0.3) is 0 Å². The quantitative estimate of drug-likeness (QED) is 0.387. The second-order valence-electron chi connectivity index (χ2n) is 4.04. The fourth-order valence-electron chi connectivity index (χ4n) is 1.71. The zero-order valence-corrected chi connectivity index (χ0v) is 10.3. The summed E-state index contributed by atoms with van der Waals surface area (Å²) in [5, 5.41) is 0. The average molecular weight is 214 g/mol. The van der Waals surface area contributed by atoms with Crippen LogP contribution in [0.1, 0.15) is 65.2 Å². The molecule has 1 unspecified atom stereocenters. The smallest absolute Gasteiger partial charge is 0.148 e. The standard InChI is InChI=1S/C13H26O2/c1-3-5-6-7-8-9-10-11-13(12-14)15-4-2/h12-13H,3-11H2,1-2H3. The van der Waals surface area contributed by atoms with Gasteiger partial charge >= 0.3 is 0 Å². The number of hydrogen-bond acceptors (Lipinski definition) is 2. The fourth-order valence-corrected chi connectivity index (χ4v) is 1.71. The van der Waals surface area contributed by atoms with E-state index in [0.717, 1.165) is 19.1 Å². The Morgan fingerprint density at radius 3 is 2.13 bits per heavy atom. The maximum Gasteiger partial charge on any atom is 0.148 e. The topological polar surface area (TPSA) is 26.3 Å². The monoisotopic (exact) mass is 214 g/mol. The summed E-state index contributed by atoms with van der Waals surface area (Å²) in [6.45, 7) is 4.80. The van der Waals surface area contributed by atoms with Gasteiger partial charge in [0.1, 0.15) is 12.4 Å². The highest BCUT2D eigenvalue weighted by Gasteiger charge is 2.05. The van der Waals surface area contributed by atoms with Gasteiger partial charge in [-0.25, -0.2) is 0 Å². The van der Waals surface area contributed by atoms with E-state index in [1.54, 1.807) is 0 Å². The third kappa shape index (κ3) is 9.92. The number of rotatable bonds is 11. The van der Waals surface area contributed by atoms with Crippen LogP contribution in [0.15, 0.2) is 0 Å². The highest BCUT2D eigenvalue weighted by atomic mass is 16.5. The average Bonchev–Trinajstić information content (AvgIpc) is 2.26. The highest BCUT2D eigenvalue weighted by Crippen LogP contribution is 2.10. The summed E-state index contributed by atoms with van der Waals surface area (Å²) in [6, 6.07) is 0. The van der Waals surface area contributed by atoms with E-state index in [4.69, 9.17) is 4.74 Å². The first-order valence-electron chi connectivity index (χ1n) is 6.42. The van der Waals surface area contributed by atoms with Crippen LogP contribution in [0.3, 0.4) is 0 Å². The molecule has 0 aliphatic heterocycles. The van der Waals surface area contributed by atoms with Gasteiger partial charge in [0, 0.05) is 6.61 Å². The van der Waals surface area contributed by atoms with E-state index in [9.17, 15) is 4.79 Å². The first-order chi connectivity index (χ1) is 7.35. The van der Waals surface area contributed by atoms with E-state index in [1.807, 2.05) is 6.92 Å². The molecule has 0 aromatic carbocycles. The van der Waals surface area contributed by atoms with Gasteiger partial charge in [0.15, 0.2) is 0 Å². The Morgan fingerprint density at radius 1 is 1.00 bits per heavy atom. The van der Waals surface area contributed by atoms with E-state index in [1.165, 1.54) is 38.5 Å². The van der Waals surface area contributed by atoms with Crippen molar-refractivity contribution >= 4 is 6.29 Å². The molecule has 2 heteroatoms. The van der Waals surface area contributed by atoms with E-state index >= 15 is 0 Å². The normalized spacial score (nSPS) is 12.7. The van der Waals surface area contributed by atoms with Gasteiger partial charge in [-0.05, 0) is 13.3 Å². The lowest BCUT2D eigenvalue weighted by Crippen LogP contribution is -2.13. The fraction of sp³-hybridized carbons (Fsp3) is 0.923. The Morgan fingerprint density at radius 2 is 1.60 bits per heavy atom. The Kier molecular flexibility index (Phi) is 11.4. The molecule has 0 bridgehead atoms. The molecule has 15 heavy (non-hydrogen) atoms. The lowest BCUT2D eigenvalue weighted by Gasteiger charge is -2.09.